The first-order chi connectivity index (χ1) is 12.5. The van der Waals surface area contributed by atoms with Gasteiger partial charge in [0.25, 0.3) is 11.2 Å². The number of hydrogen-bond donors (Lipinski definition) is 1. The Hall–Kier alpha value is -3.45. The molecule has 1 N–H and O–H groups in total. The largest absolute Gasteiger partial charge is 0.296 e. The zero-order chi connectivity index (χ0) is 18.3. The molecule has 0 aliphatic rings. The number of benzene rings is 2. The molecule has 7 nitrogen and oxygen atoms in total. The van der Waals surface area contributed by atoms with Crippen molar-refractivity contribution in [3.8, 4) is 22.4 Å². The first-order valence-electron chi connectivity index (χ1n) is 7.65. The van der Waals surface area contributed by atoms with E-state index < -0.39 is 4.92 Å². The maximum absolute atomic E-state index is 12.4. The fourth-order valence-corrected chi connectivity index (χ4v) is 2.85. The van der Waals surface area contributed by atoms with E-state index in [0.29, 0.717) is 21.9 Å². The van der Waals surface area contributed by atoms with Crippen LogP contribution in [0.2, 0.25) is 5.02 Å². The summed E-state index contributed by atoms with van der Waals surface area (Å²) in [6.07, 6.45) is 1.70. The topological polar surface area (TPSA) is 93.3 Å². The van der Waals surface area contributed by atoms with Gasteiger partial charge in [0.1, 0.15) is 0 Å². The third-order valence-corrected chi connectivity index (χ3v) is 4.28. The van der Waals surface area contributed by atoms with Crippen LogP contribution in [0.3, 0.4) is 0 Å². The van der Waals surface area contributed by atoms with E-state index in [4.69, 9.17) is 11.6 Å². The molecule has 26 heavy (non-hydrogen) atoms. The Morgan fingerprint density at radius 3 is 2.35 bits per heavy atom. The van der Waals surface area contributed by atoms with Crippen molar-refractivity contribution in [3.63, 3.8) is 0 Å². The monoisotopic (exact) mass is 366 g/mol. The second kappa shape index (κ2) is 6.12. The number of fused-ring (bicyclic) bond motifs is 1. The lowest BCUT2D eigenvalue weighted by molar-refractivity contribution is -0.384. The van der Waals surface area contributed by atoms with Gasteiger partial charge in [-0.1, -0.05) is 23.7 Å². The molecule has 2 heterocycles. The van der Waals surface area contributed by atoms with Crippen molar-refractivity contribution in [2.75, 3.05) is 0 Å². The highest BCUT2D eigenvalue weighted by atomic mass is 35.5. The Morgan fingerprint density at radius 2 is 1.69 bits per heavy atom. The minimum Gasteiger partial charge on any atom is -0.296 e. The molecule has 0 radical (unpaired) electrons. The molecule has 0 amide bonds. The number of nitrogens with zero attached hydrogens (tertiary/aromatic N) is 3. The summed E-state index contributed by atoms with van der Waals surface area (Å²) in [5, 5.41) is 14.3. The van der Waals surface area contributed by atoms with Gasteiger partial charge in [-0.25, -0.2) is 9.50 Å². The number of halogens is 1. The highest BCUT2D eigenvalue weighted by Gasteiger charge is 2.13. The van der Waals surface area contributed by atoms with Gasteiger partial charge in [-0.05, 0) is 29.8 Å². The van der Waals surface area contributed by atoms with E-state index in [-0.39, 0.29) is 11.2 Å². The van der Waals surface area contributed by atoms with Crippen molar-refractivity contribution in [1.29, 1.82) is 0 Å². The summed E-state index contributed by atoms with van der Waals surface area (Å²) in [7, 11) is 0. The molecule has 0 bridgehead atoms. The van der Waals surface area contributed by atoms with Crippen molar-refractivity contribution in [3.05, 3.63) is 86.3 Å². The molecule has 0 aliphatic carbocycles. The minimum absolute atomic E-state index is 0.0185. The fourth-order valence-electron chi connectivity index (χ4n) is 2.73. The van der Waals surface area contributed by atoms with Gasteiger partial charge in [-0.2, -0.15) is 0 Å². The van der Waals surface area contributed by atoms with Gasteiger partial charge in [-0.3, -0.25) is 20.0 Å². The van der Waals surface area contributed by atoms with E-state index in [1.165, 1.54) is 22.7 Å². The number of H-pyrrole nitrogens is 1. The third kappa shape index (κ3) is 2.74. The molecule has 2 aromatic heterocycles. The van der Waals surface area contributed by atoms with Crippen molar-refractivity contribution in [1.82, 2.24) is 14.6 Å². The molecule has 4 rings (SSSR count). The summed E-state index contributed by atoms with van der Waals surface area (Å²) in [6, 6.07) is 14.5. The number of non-ortho nitro benzene ring substituents is 1. The first-order valence-corrected chi connectivity index (χ1v) is 8.03. The van der Waals surface area contributed by atoms with E-state index >= 15 is 0 Å². The molecule has 2 aromatic carbocycles. The van der Waals surface area contributed by atoms with Gasteiger partial charge in [-0.15, -0.1) is 0 Å². The average molecular weight is 367 g/mol. The zero-order valence-corrected chi connectivity index (χ0v) is 14.0. The average Bonchev–Trinajstić information content (AvgIpc) is 3.07. The SMILES string of the molecule is O=c1cc(-c2ccc([N+](=O)[O-])cc2)nc2c(-c3ccc(Cl)cc3)c[nH]n12. The molecule has 4 aromatic rings. The second-order valence-corrected chi connectivity index (χ2v) is 6.07. The molecule has 0 fully saturated rings. The smallest absolute Gasteiger partial charge is 0.273 e. The van der Waals surface area contributed by atoms with Crippen molar-refractivity contribution in [2.45, 2.75) is 0 Å². The molecule has 0 unspecified atom stereocenters. The van der Waals surface area contributed by atoms with Crippen molar-refractivity contribution < 1.29 is 4.92 Å². The van der Waals surface area contributed by atoms with Crippen molar-refractivity contribution in [2.24, 2.45) is 0 Å². The van der Waals surface area contributed by atoms with Gasteiger partial charge in [0.2, 0.25) is 0 Å². The lowest BCUT2D eigenvalue weighted by Crippen LogP contribution is -2.14. The predicted octanol–water partition coefficient (Wildman–Crippen LogP) is 3.92. The van der Waals surface area contributed by atoms with E-state index in [9.17, 15) is 14.9 Å². The summed E-state index contributed by atoms with van der Waals surface area (Å²) in [5.74, 6) is 0. The standard InChI is InChI=1S/C18H11ClN4O3/c19-13-5-1-11(2-6-13)15-10-20-22-17(24)9-16(21-18(15)22)12-3-7-14(8-4-12)23(25)26/h1-10,20H. The molecule has 0 saturated carbocycles. The van der Waals surface area contributed by atoms with Crippen LogP contribution in [-0.2, 0) is 0 Å². The first kappa shape index (κ1) is 16.0. The summed E-state index contributed by atoms with van der Waals surface area (Å²) in [6.45, 7) is 0. The van der Waals surface area contributed by atoms with Gasteiger partial charge in [0.15, 0.2) is 5.65 Å². The number of nitro groups is 1. The minimum atomic E-state index is -0.472. The Balaban J connectivity index is 1.87. The molecule has 0 saturated heterocycles. The molecular formula is C18H11ClN4O3. The molecule has 8 heteroatoms. The van der Waals surface area contributed by atoms with Gasteiger partial charge in [0, 0.05) is 40.5 Å². The van der Waals surface area contributed by atoms with Crippen LogP contribution in [0.4, 0.5) is 5.69 Å². The number of nitro benzene ring substituents is 1. The third-order valence-electron chi connectivity index (χ3n) is 4.03. The van der Waals surface area contributed by atoms with Crippen LogP contribution in [0.15, 0.2) is 65.6 Å². The highest BCUT2D eigenvalue weighted by molar-refractivity contribution is 6.30. The highest BCUT2D eigenvalue weighted by Crippen LogP contribution is 2.26. The predicted molar refractivity (Wildman–Crippen MR) is 98.3 cm³/mol. The van der Waals surface area contributed by atoms with E-state index in [0.717, 1.165) is 11.1 Å². The van der Waals surface area contributed by atoms with Crippen LogP contribution in [0.5, 0.6) is 0 Å². The number of aromatic amines is 1. The van der Waals surface area contributed by atoms with Crippen LogP contribution in [-0.4, -0.2) is 19.5 Å². The lowest BCUT2D eigenvalue weighted by atomic mass is 10.1. The molecule has 0 atom stereocenters. The maximum atomic E-state index is 12.4. The summed E-state index contributed by atoms with van der Waals surface area (Å²) < 4.78 is 1.35. The number of aromatic nitrogens is 3. The normalized spacial score (nSPS) is 11.0. The Kier molecular flexibility index (Phi) is 3.78. The lowest BCUT2D eigenvalue weighted by Gasteiger charge is -2.03. The van der Waals surface area contributed by atoms with Crippen molar-refractivity contribution >= 4 is 22.9 Å². The van der Waals surface area contributed by atoms with Gasteiger partial charge >= 0.3 is 0 Å². The Labute approximate surface area is 151 Å². The van der Waals surface area contributed by atoms with E-state index in [1.807, 2.05) is 12.1 Å². The van der Waals surface area contributed by atoms with E-state index in [2.05, 4.69) is 10.1 Å². The Bertz CT molecular complexity index is 1180. The zero-order valence-electron chi connectivity index (χ0n) is 13.2. The van der Waals surface area contributed by atoms with Crippen LogP contribution in [0, 0.1) is 10.1 Å². The van der Waals surface area contributed by atoms with Gasteiger partial charge < -0.3 is 0 Å². The molecule has 0 spiro atoms. The second-order valence-electron chi connectivity index (χ2n) is 5.64. The number of rotatable bonds is 3. The number of nitrogens with one attached hydrogen (secondary N) is 1. The summed E-state index contributed by atoms with van der Waals surface area (Å²) in [5.41, 5.74) is 2.85. The summed E-state index contributed by atoms with van der Waals surface area (Å²) >= 11 is 5.93. The van der Waals surface area contributed by atoms with Gasteiger partial charge in [0.05, 0.1) is 10.6 Å². The molecule has 128 valence electrons. The molecular weight excluding hydrogens is 356 g/mol. The maximum Gasteiger partial charge on any atom is 0.273 e. The Morgan fingerprint density at radius 1 is 1.04 bits per heavy atom. The van der Waals surface area contributed by atoms with Crippen LogP contribution < -0.4 is 5.56 Å². The van der Waals surface area contributed by atoms with Crippen LogP contribution >= 0.6 is 11.6 Å². The molecule has 0 aliphatic heterocycles. The van der Waals surface area contributed by atoms with Crippen LogP contribution in [0.1, 0.15) is 0 Å². The van der Waals surface area contributed by atoms with E-state index in [1.54, 1.807) is 30.5 Å². The fraction of sp³-hybridized carbons (Fsp3) is 0. The van der Waals surface area contributed by atoms with Crippen LogP contribution in [0.25, 0.3) is 28.0 Å². The quantitative estimate of drug-likeness (QED) is 0.439. The summed E-state index contributed by atoms with van der Waals surface area (Å²) in [4.78, 5) is 27.3. The number of hydrogen-bond acceptors (Lipinski definition) is 4.